The number of alkyl halides is 3. The molecule has 0 spiro atoms. The Kier molecular flexibility index (Phi) is 6.25. The number of nitrogens with zero attached hydrogens (tertiary/aromatic N) is 3. The Morgan fingerprint density at radius 3 is 2.71 bits per heavy atom. The average Bonchev–Trinajstić information content (AvgIpc) is 2.89. The van der Waals surface area contributed by atoms with Gasteiger partial charge in [0, 0.05) is 11.1 Å². The van der Waals surface area contributed by atoms with E-state index >= 15 is 0 Å². The van der Waals surface area contributed by atoms with Crippen LogP contribution in [0.15, 0.2) is 10.4 Å². The van der Waals surface area contributed by atoms with Crippen LogP contribution in [0, 0.1) is 18.3 Å². The molecule has 28 heavy (non-hydrogen) atoms. The fourth-order valence-electron chi connectivity index (χ4n) is 3.12. The first-order valence-electron chi connectivity index (χ1n) is 8.67. The molecule has 2 aromatic rings. The molecule has 0 unspecified atom stereocenters. The highest BCUT2D eigenvalue weighted by atomic mass is 32.2. The van der Waals surface area contributed by atoms with E-state index in [0.717, 1.165) is 30.3 Å². The molecule has 1 amide bonds. The number of nitriles is 1. The van der Waals surface area contributed by atoms with Gasteiger partial charge in [-0.3, -0.25) is 4.79 Å². The second-order valence-corrected chi connectivity index (χ2v) is 8.22. The number of nitrogens with one attached hydrogen (secondary N) is 1. The Labute approximate surface area is 168 Å². The molecule has 148 valence electrons. The molecule has 1 aliphatic carbocycles. The van der Waals surface area contributed by atoms with Crippen LogP contribution in [-0.4, -0.2) is 21.6 Å². The van der Waals surface area contributed by atoms with Gasteiger partial charge in [-0.1, -0.05) is 18.2 Å². The van der Waals surface area contributed by atoms with Crippen molar-refractivity contribution < 1.29 is 18.0 Å². The predicted octanol–water partition coefficient (Wildman–Crippen LogP) is 4.74. The lowest BCUT2D eigenvalue weighted by molar-refractivity contribution is -0.138. The van der Waals surface area contributed by atoms with Crippen LogP contribution in [0.5, 0.6) is 0 Å². The summed E-state index contributed by atoms with van der Waals surface area (Å²) in [6, 6.07) is 1.67. The highest BCUT2D eigenvalue weighted by molar-refractivity contribution is 8.00. The van der Waals surface area contributed by atoms with Crippen LogP contribution in [-0.2, 0) is 23.8 Å². The van der Waals surface area contributed by atoms with Gasteiger partial charge in [-0.25, -0.2) is 9.97 Å². The van der Waals surface area contributed by atoms with Crippen molar-refractivity contribution in [2.45, 2.75) is 50.2 Å². The molecule has 5 nitrogen and oxygen atoms in total. The molecule has 10 heteroatoms. The van der Waals surface area contributed by atoms with Gasteiger partial charge in [0.1, 0.15) is 11.1 Å². The van der Waals surface area contributed by atoms with E-state index in [1.54, 1.807) is 18.4 Å². The summed E-state index contributed by atoms with van der Waals surface area (Å²) >= 11 is 2.11. The third-order valence-corrected chi connectivity index (χ3v) is 6.14. The number of hydrogen-bond donors (Lipinski definition) is 1. The summed E-state index contributed by atoms with van der Waals surface area (Å²) in [5.74, 6) is -0.565. The van der Waals surface area contributed by atoms with Gasteiger partial charge in [-0.15, -0.1) is 11.3 Å². The van der Waals surface area contributed by atoms with Crippen molar-refractivity contribution in [1.82, 2.24) is 9.97 Å². The van der Waals surface area contributed by atoms with Crippen molar-refractivity contribution in [3.05, 3.63) is 33.5 Å². The number of anilines is 1. The molecular weight excluding hydrogens is 409 g/mol. The summed E-state index contributed by atoms with van der Waals surface area (Å²) in [4.78, 5) is 20.6. The molecule has 0 radical (unpaired) electrons. The zero-order valence-electron chi connectivity index (χ0n) is 15.0. The second kappa shape index (κ2) is 8.49. The standard InChI is InChI=1S/C18H17F3N4OS2/c1-10-8-28-17(23-10)25-14(26)9-27-16-12(7-22)15(18(19,20)21)11-5-3-2-4-6-13(11)24-16/h8H,2-6,9H2,1H3,(H,23,25,26). The lowest BCUT2D eigenvalue weighted by Gasteiger charge is -2.18. The maximum absolute atomic E-state index is 13.8. The van der Waals surface area contributed by atoms with Crippen LogP contribution < -0.4 is 5.32 Å². The first-order chi connectivity index (χ1) is 13.3. The number of aryl methyl sites for hydroxylation is 2. The molecule has 1 N–H and O–H groups in total. The van der Waals surface area contributed by atoms with Gasteiger partial charge in [0.15, 0.2) is 5.13 Å². The number of carbonyl (C=O) groups excluding carboxylic acids is 1. The third kappa shape index (κ3) is 4.64. The highest BCUT2D eigenvalue weighted by Gasteiger charge is 2.39. The molecule has 0 saturated heterocycles. The van der Waals surface area contributed by atoms with Gasteiger partial charge in [0.05, 0.1) is 22.6 Å². The fourth-order valence-corrected chi connectivity index (χ4v) is 4.63. The smallest absolute Gasteiger partial charge is 0.301 e. The van der Waals surface area contributed by atoms with Crippen molar-refractivity contribution >= 4 is 34.1 Å². The maximum Gasteiger partial charge on any atom is 0.418 e. The molecule has 0 saturated carbocycles. The van der Waals surface area contributed by atoms with E-state index < -0.39 is 23.2 Å². The van der Waals surface area contributed by atoms with Crippen LogP contribution in [0.4, 0.5) is 18.3 Å². The van der Waals surface area contributed by atoms with E-state index in [1.165, 1.54) is 11.3 Å². The van der Waals surface area contributed by atoms with Gasteiger partial charge in [-0.2, -0.15) is 18.4 Å². The zero-order chi connectivity index (χ0) is 20.3. The highest BCUT2D eigenvalue weighted by Crippen LogP contribution is 2.40. The molecule has 0 aromatic carbocycles. The van der Waals surface area contributed by atoms with E-state index in [1.807, 2.05) is 0 Å². The lowest BCUT2D eigenvalue weighted by Crippen LogP contribution is -2.18. The topological polar surface area (TPSA) is 78.7 Å². The molecule has 2 aromatic heterocycles. The van der Waals surface area contributed by atoms with Crippen molar-refractivity contribution in [3.63, 3.8) is 0 Å². The second-order valence-electron chi connectivity index (χ2n) is 6.39. The van der Waals surface area contributed by atoms with Crippen LogP contribution in [0.1, 0.15) is 47.3 Å². The minimum Gasteiger partial charge on any atom is -0.301 e. The van der Waals surface area contributed by atoms with Gasteiger partial charge < -0.3 is 5.32 Å². The van der Waals surface area contributed by atoms with Crippen LogP contribution in [0.25, 0.3) is 0 Å². The van der Waals surface area contributed by atoms with E-state index in [0.29, 0.717) is 23.7 Å². The number of thioether (sulfide) groups is 1. The number of halogens is 3. The Morgan fingerprint density at radius 2 is 2.07 bits per heavy atom. The molecule has 3 rings (SSSR count). The monoisotopic (exact) mass is 426 g/mol. The number of rotatable bonds is 4. The zero-order valence-corrected chi connectivity index (χ0v) is 16.7. The fraction of sp³-hybridized carbons (Fsp3) is 0.444. The molecule has 0 aliphatic heterocycles. The molecule has 0 bridgehead atoms. The SMILES string of the molecule is Cc1csc(NC(=O)CSc2nc3c(c(C(F)(F)F)c2C#N)CCCCC3)n1. The summed E-state index contributed by atoms with van der Waals surface area (Å²) in [5, 5.41) is 14.2. The molecule has 0 atom stereocenters. The number of hydrogen-bond acceptors (Lipinski definition) is 6. The van der Waals surface area contributed by atoms with E-state index in [4.69, 9.17) is 0 Å². The summed E-state index contributed by atoms with van der Waals surface area (Å²) in [5.41, 5.74) is -0.0887. The van der Waals surface area contributed by atoms with Crippen molar-refractivity contribution in [3.8, 4) is 6.07 Å². The summed E-state index contributed by atoms with van der Waals surface area (Å²) in [6.45, 7) is 1.79. The Hall–Kier alpha value is -2.12. The first-order valence-corrected chi connectivity index (χ1v) is 10.5. The Bertz CT molecular complexity index is 934. The number of aromatic nitrogens is 2. The van der Waals surface area contributed by atoms with Crippen molar-refractivity contribution in [1.29, 1.82) is 5.26 Å². The number of thiazole rings is 1. The Morgan fingerprint density at radius 1 is 1.32 bits per heavy atom. The third-order valence-electron chi connectivity index (χ3n) is 4.29. The maximum atomic E-state index is 13.8. The van der Waals surface area contributed by atoms with Gasteiger partial charge in [0.2, 0.25) is 5.91 Å². The molecule has 1 aliphatic rings. The quantitative estimate of drug-likeness (QED) is 0.565. The van der Waals surface area contributed by atoms with Crippen LogP contribution in [0.2, 0.25) is 0 Å². The number of amides is 1. The number of carbonyl (C=O) groups is 1. The molecule has 2 heterocycles. The Balaban J connectivity index is 1.89. The normalized spacial score (nSPS) is 14.1. The van der Waals surface area contributed by atoms with Gasteiger partial charge in [0.25, 0.3) is 0 Å². The van der Waals surface area contributed by atoms with Crippen LogP contribution >= 0.6 is 23.1 Å². The lowest BCUT2D eigenvalue weighted by atomic mass is 9.97. The average molecular weight is 426 g/mol. The van der Waals surface area contributed by atoms with E-state index in [9.17, 15) is 23.2 Å². The minimum absolute atomic E-state index is 0.0408. The van der Waals surface area contributed by atoms with Gasteiger partial charge >= 0.3 is 6.18 Å². The van der Waals surface area contributed by atoms with Gasteiger partial charge in [-0.05, 0) is 38.2 Å². The molecule has 0 fully saturated rings. The number of fused-ring (bicyclic) bond motifs is 1. The molecular formula is C18H17F3N4OS2. The summed E-state index contributed by atoms with van der Waals surface area (Å²) in [7, 11) is 0. The first kappa shape index (κ1) is 20.6. The predicted molar refractivity (Wildman–Crippen MR) is 101 cm³/mol. The largest absolute Gasteiger partial charge is 0.418 e. The van der Waals surface area contributed by atoms with Crippen molar-refractivity contribution in [2.24, 2.45) is 0 Å². The number of pyridine rings is 1. The summed E-state index contributed by atoms with van der Waals surface area (Å²) < 4.78 is 41.3. The minimum atomic E-state index is -4.64. The van der Waals surface area contributed by atoms with E-state index in [-0.39, 0.29) is 22.8 Å². The van der Waals surface area contributed by atoms with E-state index in [2.05, 4.69) is 15.3 Å². The summed E-state index contributed by atoms with van der Waals surface area (Å²) in [6.07, 6.45) is -1.70. The van der Waals surface area contributed by atoms with Crippen LogP contribution in [0.3, 0.4) is 0 Å². The van der Waals surface area contributed by atoms with Crippen molar-refractivity contribution in [2.75, 3.05) is 11.1 Å².